The Morgan fingerprint density at radius 1 is 1.07 bits per heavy atom. The molecule has 0 atom stereocenters. The summed E-state index contributed by atoms with van der Waals surface area (Å²) in [5.41, 5.74) is 0. The maximum absolute atomic E-state index is 8.84. The predicted molar refractivity (Wildman–Crippen MR) is 58.0 cm³/mol. The minimum atomic E-state index is 0.268. The molecule has 1 saturated heterocycles. The third-order valence-corrected chi connectivity index (χ3v) is 2.67. The molecule has 1 rings (SSSR count). The van der Waals surface area contributed by atoms with Gasteiger partial charge in [0, 0.05) is 32.6 Å². The van der Waals surface area contributed by atoms with Crippen molar-refractivity contribution in [2.45, 2.75) is 12.8 Å². The van der Waals surface area contributed by atoms with Gasteiger partial charge in [0.1, 0.15) is 0 Å². The molecule has 0 aromatic carbocycles. The van der Waals surface area contributed by atoms with Crippen LogP contribution in [0.1, 0.15) is 12.8 Å². The van der Waals surface area contributed by atoms with E-state index in [0.29, 0.717) is 0 Å². The van der Waals surface area contributed by atoms with Crippen molar-refractivity contribution in [1.29, 1.82) is 0 Å². The van der Waals surface area contributed by atoms with Crippen molar-refractivity contribution in [3.8, 4) is 12.3 Å². The molecule has 1 aliphatic rings. The lowest BCUT2D eigenvalue weighted by Gasteiger charge is -2.20. The molecular weight excluding hydrogens is 176 g/mol. The molecule has 1 N–H and O–H groups in total. The number of rotatable bonds is 4. The molecule has 0 bridgehead atoms. The number of hydrogen-bond acceptors (Lipinski definition) is 3. The standard InChI is InChI=1S/C11H20N2O/c1-2-3-5-12-6-4-7-13(9-8-12)10-11-14/h1,14H,3-11H2. The van der Waals surface area contributed by atoms with Gasteiger partial charge in [0.15, 0.2) is 0 Å². The van der Waals surface area contributed by atoms with Gasteiger partial charge in [-0.2, -0.15) is 0 Å². The Labute approximate surface area is 86.7 Å². The molecule has 1 heterocycles. The van der Waals surface area contributed by atoms with Crippen molar-refractivity contribution in [1.82, 2.24) is 9.80 Å². The number of β-amino-alcohol motifs (C(OH)–C–C–N with tert-alkyl or cyclic N) is 1. The maximum atomic E-state index is 8.84. The molecule has 3 heteroatoms. The summed E-state index contributed by atoms with van der Waals surface area (Å²) in [5.74, 6) is 2.68. The van der Waals surface area contributed by atoms with Gasteiger partial charge in [0.25, 0.3) is 0 Å². The lowest BCUT2D eigenvalue weighted by molar-refractivity contribution is 0.197. The van der Waals surface area contributed by atoms with Gasteiger partial charge in [-0.05, 0) is 19.5 Å². The SMILES string of the molecule is C#CCCN1CCCN(CCO)CC1. The van der Waals surface area contributed by atoms with Crippen LogP contribution in [0.4, 0.5) is 0 Å². The maximum Gasteiger partial charge on any atom is 0.0558 e. The van der Waals surface area contributed by atoms with Crippen LogP contribution in [-0.2, 0) is 0 Å². The Kier molecular flexibility index (Phi) is 5.62. The number of aliphatic hydroxyl groups excluding tert-OH is 1. The molecule has 0 spiro atoms. The molecule has 0 amide bonds. The average molecular weight is 196 g/mol. The fourth-order valence-corrected chi connectivity index (χ4v) is 1.84. The molecule has 1 fully saturated rings. The van der Waals surface area contributed by atoms with Crippen LogP contribution in [0, 0.1) is 12.3 Å². The molecule has 0 aromatic rings. The van der Waals surface area contributed by atoms with E-state index < -0.39 is 0 Å². The summed E-state index contributed by atoms with van der Waals surface area (Å²) in [7, 11) is 0. The van der Waals surface area contributed by atoms with E-state index in [1.807, 2.05) is 0 Å². The highest BCUT2D eigenvalue weighted by atomic mass is 16.3. The van der Waals surface area contributed by atoms with Crippen molar-refractivity contribution in [3.05, 3.63) is 0 Å². The summed E-state index contributed by atoms with van der Waals surface area (Å²) in [5, 5.41) is 8.84. The first-order valence-electron chi connectivity index (χ1n) is 5.36. The summed E-state index contributed by atoms with van der Waals surface area (Å²) < 4.78 is 0. The van der Waals surface area contributed by atoms with Crippen molar-refractivity contribution in [2.24, 2.45) is 0 Å². The summed E-state index contributed by atoms with van der Waals surface area (Å²) in [6.45, 7) is 6.49. The lowest BCUT2D eigenvalue weighted by atomic mass is 10.3. The van der Waals surface area contributed by atoms with Crippen LogP contribution >= 0.6 is 0 Å². The second kappa shape index (κ2) is 6.83. The van der Waals surface area contributed by atoms with E-state index in [0.717, 1.165) is 45.7 Å². The molecule has 0 unspecified atom stereocenters. The third-order valence-electron chi connectivity index (χ3n) is 2.67. The fourth-order valence-electron chi connectivity index (χ4n) is 1.84. The van der Waals surface area contributed by atoms with E-state index in [2.05, 4.69) is 15.7 Å². The van der Waals surface area contributed by atoms with Crippen LogP contribution in [0.25, 0.3) is 0 Å². The molecule has 1 aliphatic heterocycles. The van der Waals surface area contributed by atoms with Gasteiger partial charge in [-0.25, -0.2) is 0 Å². The molecule has 0 saturated carbocycles. The van der Waals surface area contributed by atoms with Gasteiger partial charge in [-0.15, -0.1) is 12.3 Å². The van der Waals surface area contributed by atoms with E-state index >= 15 is 0 Å². The highest BCUT2D eigenvalue weighted by Crippen LogP contribution is 2.02. The summed E-state index contributed by atoms with van der Waals surface area (Å²) >= 11 is 0. The first-order chi connectivity index (χ1) is 6.86. The molecule has 0 aromatic heterocycles. The second-order valence-electron chi connectivity index (χ2n) is 3.71. The first-order valence-corrected chi connectivity index (χ1v) is 5.36. The van der Waals surface area contributed by atoms with Crippen LogP contribution in [0.2, 0.25) is 0 Å². The summed E-state index contributed by atoms with van der Waals surface area (Å²) in [4.78, 5) is 4.73. The monoisotopic (exact) mass is 196 g/mol. The number of nitrogens with zero attached hydrogens (tertiary/aromatic N) is 2. The fraction of sp³-hybridized carbons (Fsp3) is 0.818. The summed E-state index contributed by atoms with van der Waals surface area (Å²) in [6.07, 6.45) is 7.27. The van der Waals surface area contributed by atoms with E-state index in [4.69, 9.17) is 11.5 Å². The topological polar surface area (TPSA) is 26.7 Å². The van der Waals surface area contributed by atoms with Gasteiger partial charge >= 0.3 is 0 Å². The van der Waals surface area contributed by atoms with Gasteiger partial charge in [-0.3, -0.25) is 4.90 Å². The quantitative estimate of drug-likeness (QED) is 0.642. The smallest absolute Gasteiger partial charge is 0.0558 e. The largest absolute Gasteiger partial charge is 0.395 e. The van der Waals surface area contributed by atoms with Crippen molar-refractivity contribution in [2.75, 3.05) is 45.9 Å². The zero-order valence-electron chi connectivity index (χ0n) is 8.78. The Morgan fingerprint density at radius 3 is 2.29 bits per heavy atom. The van der Waals surface area contributed by atoms with Crippen LogP contribution in [0.15, 0.2) is 0 Å². The van der Waals surface area contributed by atoms with Crippen molar-refractivity contribution >= 4 is 0 Å². The van der Waals surface area contributed by atoms with E-state index in [1.54, 1.807) is 0 Å². The summed E-state index contributed by atoms with van der Waals surface area (Å²) in [6, 6.07) is 0. The molecule has 0 radical (unpaired) electrons. The van der Waals surface area contributed by atoms with Crippen molar-refractivity contribution in [3.63, 3.8) is 0 Å². The van der Waals surface area contributed by atoms with Crippen LogP contribution in [0.5, 0.6) is 0 Å². The number of terminal acetylenes is 1. The minimum absolute atomic E-state index is 0.268. The first kappa shape index (κ1) is 11.5. The number of aliphatic hydroxyl groups is 1. The van der Waals surface area contributed by atoms with Crippen molar-refractivity contribution < 1.29 is 5.11 Å². The van der Waals surface area contributed by atoms with E-state index in [1.165, 1.54) is 6.42 Å². The molecule has 80 valence electrons. The van der Waals surface area contributed by atoms with Gasteiger partial charge < -0.3 is 10.0 Å². The highest BCUT2D eigenvalue weighted by Gasteiger charge is 2.13. The molecule has 0 aliphatic carbocycles. The Bertz CT molecular complexity index is 188. The van der Waals surface area contributed by atoms with Gasteiger partial charge in [0.2, 0.25) is 0 Å². The molecule has 3 nitrogen and oxygen atoms in total. The lowest BCUT2D eigenvalue weighted by Crippen LogP contribution is -2.32. The van der Waals surface area contributed by atoms with Gasteiger partial charge in [0.05, 0.1) is 6.61 Å². The zero-order valence-corrected chi connectivity index (χ0v) is 8.78. The zero-order chi connectivity index (χ0) is 10.2. The predicted octanol–water partition coefficient (Wildman–Crippen LogP) is 0.00970. The van der Waals surface area contributed by atoms with E-state index in [9.17, 15) is 0 Å². The van der Waals surface area contributed by atoms with Crippen LogP contribution < -0.4 is 0 Å². The van der Waals surface area contributed by atoms with Crippen LogP contribution in [0.3, 0.4) is 0 Å². The second-order valence-corrected chi connectivity index (χ2v) is 3.71. The Balaban J connectivity index is 2.23. The third kappa shape index (κ3) is 4.10. The highest BCUT2D eigenvalue weighted by molar-refractivity contribution is 4.85. The van der Waals surface area contributed by atoms with E-state index in [-0.39, 0.29) is 6.61 Å². The van der Waals surface area contributed by atoms with Gasteiger partial charge in [-0.1, -0.05) is 0 Å². The average Bonchev–Trinajstić information content (AvgIpc) is 2.41. The minimum Gasteiger partial charge on any atom is -0.395 e. The normalized spacial score (nSPS) is 20.3. The number of hydrogen-bond donors (Lipinski definition) is 1. The molecular formula is C11H20N2O. The molecule has 14 heavy (non-hydrogen) atoms. The Morgan fingerprint density at radius 2 is 1.71 bits per heavy atom. The Hall–Kier alpha value is -0.560. The van der Waals surface area contributed by atoms with Crippen LogP contribution in [-0.4, -0.2) is 60.8 Å².